The van der Waals surface area contributed by atoms with Gasteiger partial charge >= 0.3 is 0 Å². The van der Waals surface area contributed by atoms with Crippen LogP contribution in [0.1, 0.15) is 30.5 Å². The number of benzene rings is 2. The number of ether oxygens (including phenoxy) is 4. The predicted octanol–water partition coefficient (Wildman–Crippen LogP) is 3.00. The van der Waals surface area contributed by atoms with Crippen molar-refractivity contribution in [2.75, 3.05) is 20.4 Å². The molecular formula is C22H27N3O4. The van der Waals surface area contributed by atoms with Crippen molar-refractivity contribution in [3.63, 3.8) is 0 Å². The maximum Gasteiger partial charge on any atom is 0.231 e. The van der Waals surface area contributed by atoms with Crippen LogP contribution in [0.4, 0.5) is 0 Å². The van der Waals surface area contributed by atoms with Gasteiger partial charge in [-0.15, -0.1) is 0 Å². The topological polar surface area (TPSA) is 73.3 Å². The molecule has 0 spiro atoms. The fraction of sp³-hybridized carbons (Fsp3) is 0.409. The van der Waals surface area contributed by atoms with Gasteiger partial charge in [0.05, 0.1) is 6.61 Å². The van der Waals surface area contributed by atoms with Gasteiger partial charge in [-0.25, -0.2) is 0 Å². The third kappa shape index (κ3) is 4.34. The normalized spacial score (nSPS) is 16.9. The van der Waals surface area contributed by atoms with Crippen molar-refractivity contribution in [2.24, 2.45) is 4.99 Å². The summed E-state index contributed by atoms with van der Waals surface area (Å²) in [5.41, 5.74) is 3.34. The fourth-order valence-electron chi connectivity index (χ4n) is 3.55. The Morgan fingerprint density at radius 2 is 1.93 bits per heavy atom. The van der Waals surface area contributed by atoms with E-state index in [1.54, 1.807) is 7.05 Å². The van der Waals surface area contributed by atoms with Crippen molar-refractivity contribution in [1.82, 2.24) is 10.6 Å². The van der Waals surface area contributed by atoms with E-state index in [0.29, 0.717) is 25.7 Å². The van der Waals surface area contributed by atoms with Crippen molar-refractivity contribution >= 4 is 5.96 Å². The zero-order valence-electron chi connectivity index (χ0n) is 17.1. The Bertz CT molecular complexity index is 913. The van der Waals surface area contributed by atoms with Gasteiger partial charge in [-0.2, -0.15) is 0 Å². The van der Waals surface area contributed by atoms with Gasteiger partial charge in [0.15, 0.2) is 17.5 Å². The summed E-state index contributed by atoms with van der Waals surface area (Å²) in [4.78, 5) is 4.32. The molecule has 154 valence electrons. The molecule has 0 aliphatic carbocycles. The van der Waals surface area contributed by atoms with Crippen molar-refractivity contribution in [1.29, 1.82) is 0 Å². The van der Waals surface area contributed by atoms with Gasteiger partial charge in [-0.05, 0) is 43.7 Å². The van der Waals surface area contributed by atoms with Gasteiger partial charge < -0.3 is 29.6 Å². The van der Waals surface area contributed by atoms with Crippen molar-refractivity contribution in [2.45, 2.75) is 39.5 Å². The highest BCUT2D eigenvalue weighted by molar-refractivity contribution is 5.79. The van der Waals surface area contributed by atoms with E-state index in [2.05, 4.69) is 34.7 Å². The van der Waals surface area contributed by atoms with E-state index in [1.165, 1.54) is 5.56 Å². The van der Waals surface area contributed by atoms with E-state index in [-0.39, 0.29) is 12.9 Å². The van der Waals surface area contributed by atoms with Crippen LogP contribution in [-0.4, -0.2) is 32.5 Å². The number of fused-ring (bicyclic) bond motifs is 2. The molecule has 0 saturated heterocycles. The average molecular weight is 397 g/mol. The first-order valence-electron chi connectivity index (χ1n) is 9.94. The van der Waals surface area contributed by atoms with Crippen LogP contribution in [-0.2, 0) is 19.5 Å². The first-order valence-corrected chi connectivity index (χ1v) is 9.94. The Kier molecular flexibility index (Phi) is 5.64. The molecule has 2 aliphatic rings. The minimum absolute atomic E-state index is 0.207. The molecule has 2 N–H and O–H groups in total. The summed E-state index contributed by atoms with van der Waals surface area (Å²) in [7, 11) is 1.76. The van der Waals surface area contributed by atoms with E-state index < -0.39 is 0 Å². The summed E-state index contributed by atoms with van der Waals surface area (Å²) in [5.74, 6) is 4.11. The Morgan fingerprint density at radius 3 is 2.76 bits per heavy atom. The molecular weight excluding hydrogens is 370 g/mol. The molecule has 0 radical (unpaired) electrons. The molecule has 2 aromatic carbocycles. The number of hydrogen-bond acceptors (Lipinski definition) is 5. The molecule has 2 aromatic rings. The molecule has 0 aromatic heterocycles. The van der Waals surface area contributed by atoms with Gasteiger partial charge in [0.25, 0.3) is 0 Å². The van der Waals surface area contributed by atoms with Crippen LogP contribution < -0.4 is 29.6 Å². The van der Waals surface area contributed by atoms with Crippen LogP contribution in [0.25, 0.3) is 0 Å². The van der Waals surface area contributed by atoms with Gasteiger partial charge in [0, 0.05) is 37.7 Å². The minimum Gasteiger partial charge on any atom is -0.494 e. The van der Waals surface area contributed by atoms with E-state index in [9.17, 15) is 0 Å². The monoisotopic (exact) mass is 397 g/mol. The number of nitrogens with one attached hydrogen (secondary N) is 2. The fourth-order valence-corrected chi connectivity index (χ4v) is 3.55. The lowest BCUT2D eigenvalue weighted by atomic mass is 10.1. The number of guanidine groups is 1. The summed E-state index contributed by atoms with van der Waals surface area (Å²) < 4.78 is 22.6. The molecule has 0 saturated carbocycles. The molecule has 0 bridgehead atoms. The molecule has 7 heteroatoms. The van der Waals surface area contributed by atoms with Crippen LogP contribution in [0, 0.1) is 0 Å². The van der Waals surface area contributed by atoms with E-state index in [0.717, 1.165) is 40.5 Å². The lowest BCUT2D eigenvalue weighted by Crippen LogP contribution is -2.36. The Balaban J connectivity index is 1.39. The average Bonchev–Trinajstić information content (AvgIpc) is 3.32. The molecule has 7 nitrogen and oxygen atoms in total. The number of aliphatic imine (C=N–C) groups is 1. The SMILES string of the molecule is CCOc1cc2c(cc1CNC(=NC)NCc1ccc3c(c1)OCO3)OC(C)C2. The number of rotatable bonds is 6. The van der Waals surface area contributed by atoms with E-state index >= 15 is 0 Å². The highest BCUT2D eigenvalue weighted by Crippen LogP contribution is 2.35. The zero-order chi connectivity index (χ0) is 20.2. The van der Waals surface area contributed by atoms with E-state index in [4.69, 9.17) is 18.9 Å². The zero-order valence-corrected chi connectivity index (χ0v) is 17.1. The first-order chi connectivity index (χ1) is 14.2. The maximum atomic E-state index is 5.90. The Morgan fingerprint density at radius 1 is 1.10 bits per heavy atom. The summed E-state index contributed by atoms with van der Waals surface area (Å²) in [6, 6.07) is 10.1. The summed E-state index contributed by atoms with van der Waals surface area (Å²) in [6.45, 7) is 6.19. The number of hydrogen-bond donors (Lipinski definition) is 2. The molecule has 0 fully saturated rings. The maximum absolute atomic E-state index is 5.90. The van der Waals surface area contributed by atoms with Gasteiger partial charge in [-0.3, -0.25) is 4.99 Å². The lowest BCUT2D eigenvalue weighted by molar-refractivity contribution is 0.174. The Labute approximate surface area is 171 Å². The molecule has 4 rings (SSSR count). The van der Waals surface area contributed by atoms with Gasteiger partial charge in [-0.1, -0.05) is 6.07 Å². The van der Waals surface area contributed by atoms with Crippen LogP contribution in [0.2, 0.25) is 0 Å². The summed E-state index contributed by atoms with van der Waals surface area (Å²) >= 11 is 0. The summed E-state index contributed by atoms with van der Waals surface area (Å²) in [6.07, 6.45) is 1.13. The molecule has 2 heterocycles. The molecule has 29 heavy (non-hydrogen) atoms. The minimum atomic E-state index is 0.207. The van der Waals surface area contributed by atoms with Crippen LogP contribution in [0.3, 0.4) is 0 Å². The van der Waals surface area contributed by atoms with Crippen molar-refractivity contribution in [3.8, 4) is 23.0 Å². The standard InChI is InChI=1S/C22H27N3O4/c1-4-26-19-9-16-7-14(2)29-20(16)10-17(19)12-25-22(23-3)24-11-15-5-6-18-21(8-15)28-13-27-18/h5-6,8-10,14H,4,7,11-13H2,1-3H3,(H2,23,24,25). The highest BCUT2D eigenvalue weighted by Gasteiger charge is 2.22. The van der Waals surface area contributed by atoms with Crippen molar-refractivity contribution < 1.29 is 18.9 Å². The van der Waals surface area contributed by atoms with Gasteiger partial charge in [0.1, 0.15) is 17.6 Å². The van der Waals surface area contributed by atoms with Crippen LogP contribution >= 0.6 is 0 Å². The first kappa shape index (κ1) is 19.2. The smallest absolute Gasteiger partial charge is 0.231 e. The second-order valence-electron chi connectivity index (χ2n) is 7.10. The van der Waals surface area contributed by atoms with E-state index in [1.807, 2.05) is 25.1 Å². The molecule has 1 unspecified atom stereocenters. The third-order valence-corrected chi connectivity index (χ3v) is 4.95. The van der Waals surface area contributed by atoms with Crippen LogP contribution in [0.15, 0.2) is 35.3 Å². The number of nitrogens with zero attached hydrogens (tertiary/aromatic N) is 1. The van der Waals surface area contributed by atoms with Crippen LogP contribution in [0.5, 0.6) is 23.0 Å². The second kappa shape index (κ2) is 8.51. The predicted molar refractivity (Wildman–Crippen MR) is 111 cm³/mol. The highest BCUT2D eigenvalue weighted by atomic mass is 16.7. The quantitative estimate of drug-likeness (QED) is 0.577. The third-order valence-electron chi connectivity index (χ3n) is 4.95. The second-order valence-corrected chi connectivity index (χ2v) is 7.10. The molecule has 0 amide bonds. The van der Waals surface area contributed by atoms with Gasteiger partial charge in [0.2, 0.25) is 6.79 Å². The summed E-state index contributed by atoms with van der Waals surface area (Å²) in [5, 5.41) is 6.69. The largest absolute Gasteiger partial charge is 0.494 e. The lowest BCUT2D eigenvalue weighted by Gasteiger charge is -2.16. The molecule has 2 aliphatic heterocycles. The molecule has 1 atom stereocenters. The Hall–Kier alpha value is -3.09. The van der Waals surface area contributed by atoms with Crippen molar-refractivity contribution in [3.05, 3.63) is 47.0 Å².